The zero-order valence-electron chi connectivity index (χ0n) is 13.4. The second-order valence-corrected chi connectivity index (χ2v) is 5.67. The zero-order chi connectivity index (χ0) is 16.7. The van der Waals surface area contributed by atoms with Crippen LogP contribution in [0.25, 0.3) is 0 Å². The summed E-state index contributed by atoms with van der Waals surface area (Å²) in [6, 6.07) is 7.02. The Morgan fingerprint density at radius 1 is 1.30 bits per heavy atom. The minimum absolute atomic E-state index is 0.169. The smallest absolute Gasteiger partial charge is 0.335 e. The molecule has 4 nitrogen and oxygen atoms in total. The Balaban J connectivity index is 1.94. The number of carboxylic acids is 1. The summed E-state index contributed by atoms with van der Waals surface area (Å²) >= 11 is 0. The molecule has 0 unspecified atom stereocenters. The summed E-state index contributed by atoms with van der Waals surface area (Å²) in [5.41, 5.74) is 1.33. The number of nitrogens with zero attached hydrogens (tertiary/aromatic N) is 1. The molecule has 1 N–H and O–H groups in total. The molecule has 2 rings (SSSR count). The maximum Gasteiger partial charge on any atom is 0.335 e. The van der Waals surface area contributed by atoms with Crippen LogP contribution in [0.1, 0.15) is 42.1 Å². The average molecular weight is 313 g/mol. The van der Waals surface area contributed by atoms with Crippen molar-refractivity contribution in [3.63, 3.8) is 0 Å². The molecule has 1 amide bonds. The molecule has 122 valence electrons. The Labute approximate surface area is 137 Å². The number of rotatable bonds is 7. The molecule has 1 heterocycles. The van der Waals surface area contributed by atoms with E-state index in [0.29, 0.717) is 13.0 Å². The summed E-state index contributed by atoms with van der Waals surface area (Å²) in [4.78, 5) is 24.8. The van der Waals surface area contributed by atoms with Crippen molar-refractivity contribution in [2.75, 3.05) is 6.54 Å². The summed E-state index contributed by atoms with van der Waals surface area (Å²) in [5, 5.41) is 8.90. The lowest BCUT2D eigenvalue weighted by Gasteiger charge is -2.22. The maximum atomic E-state index is 12.0. The average Bonchev–Trinajstić information content (AvgIpc) is 2.90. The van der Waals surface area contributed by atoms with Crippen LogP contribution in [-0.2, 0) is 11.2 Å². The van der Waals surface area contributed by atoms with Gasteiger partial charge in [-0.25, -0.2) is 4.79 Å². The number of amides is 1. The van der Waals surface area contributed by atoms with Gasteiger partial charge in [0.15, 0.2) is 0 Å². The Morgan fingerprint density at radius 3 is 2.70 bits per heavy atom. The van der Waals surface area contributed by atoms with E-state index < -0.39 is 5.97 Å². The van der Waals surface area contributed by atoms with Crippen molar-refractivity contribution in [2.45, 2.75) is 38.6 Å². The number of hydrogen-bond donors (Lipinski definition) is 1. The lowest BCUT2D eigenvalue weighted by molar-refractivity contribution is -0.128. The highest BCUT2D eigenvalue weighted by atomic mass is 16.4. The molecule has 0 radical (unpaired) electrons. The predicted molar refractivity (Wildman–Crippen MR) is 90.4 cm³/mol. The number of aromatic carboxylic acids is 1. The highest BCUT2D eigenvalue weighted by Gasteiger charge is 2.28. The van der Waals surface area contributed by atoms with Gasteiger partial charge in [-0.05, 0) is 37.0 Å². The molecule has 1 aliphatic rings. The molecule has 23 heavy (non-hydrogen) atoms. The molecular weight excluding hydrogens is 290 g/mol. The fourth-order valence-electron chi connectivity index (χ4n) is 2.72. The molecule has 1 aliphatic heterocycles. The highest BCUT2D eigenvalue weighted by molar-refractivity contribution is 5.87. The van der Waals surface area contributed by atoms with Crippen LogP contribution in [0.5, 0.6) is 0 Å². The van der Waals surface area contributed by atoms with Crippen molar-refractivity contribution in [3.8, 4) is 0 Å². The topological polar surface area (TPSA) is 57.6 Å². The molecule has 0 saturated carbocycles. The number of carbonyl (C=O) groups is 2. The van der Waals surface area contributed by atoms with Gasteiger partial charge in [0, 0.05) is 13.0 Å². The van der Waals surface area contributed by atoms with Crippen LogP contribution in [0.3, 0.4) is 0 Å². The van der Waals surface area contributed by atoms with Gasteiger partial charge in [0.2, 0.25) is 5.91 Å². The molecule has 1 saturated heterocycles. The summed E-state index contributed by atoms with van der Waals surface area (Å²) in [5.74, 6) is -0.724. The van der Waals surface area contributed by atoms with Crippen molar-refractivity contribution < 1.29 is 14.7 Å². The molecule has 0 spiro atoms. The van der Waals surface area contributed by atoms with Crippen molar-refractivity contribution in [3.05, 3.63) is 59.7 Å². The van der Waals surface area contributed by atoms with Crippen molar-refractivity contribution in [2.24, 2.45) is 0 Å². The standard InChI is InChI=1S/C19H23NO3/c1-2-3-4-5-6-17-11-12-18(21)20(17)14-13-15-7-9-16(10-8-15)19(22)23/h3-10,17H,2,11-14H2,1H3,(H,22,23)/b4-3-,6-5-/t17-/m0/s1. The lowest BCUT2D eigenvalue weighted by Crippen LogP contribution is -2.33. The minimum Gasteiger partial charge on any atom is -0.478 e. The number of allylic oxidation sites excluding steroid dienone is 3. The van der Waals surface area contributed by atoms with Gasteiger partial charge in [0.05, 0.1) is 11.6 Å². The van der Waals surface area contributed by atoms with Gasteiger partial charge in [-0.3, -0.25) is 4.79 Å². The Bertz CT molecular complexity index is 602. The predicted octanol–water partition coefficient (Wildman–Crippen LogP) is 3.44. The molecule has 1 aromatic carbocycles. The van der Waals surface area contributed by atoms with E-state index in [1.54, 1.807) is 12.1 Å². The van der Waals surface area contributed by atoms with Crippen molar-refractivity contribution >= 4 is 11.9 Å². The number of carbonyl (C=O) groups excluding carboxylic acids is 1. The van der Waals surface area contributed by atoms with Gasteiger partial charge in [-0.15, -0.1) is 0 Å². The minimum atomic E-state index is -0.920. The number of hydrogen-bond acceptors (Lipinski definition) is 2. The fourth-order valence-corrected chi connectivity index (χ4v) is 2.72. The summed E-state index contributed by atoms with van der Waals surface area (Å²) in [6.07, 6.45) is 11.4. The van der Waals surface area contributed by atoms with Crippen LogP contribution >= 0.6 is 0 Å². The molecule has 1 aromatic rings. The molecule has 1 fully saturated rings. The fraction of sp³-hybridized carbons (Fsp3) is 0.368. The number of carboxylic acid groups (broad SMARTS) is 1. The quantitative estimate of drug-likeness (QED) is 0.785. The molecule has 4 heteroatoms. The molecule has 0 aromatic heterocycles. The van der Waals surface area contributed by atoms with E-state index in [4.69, 9.17) is 5.11 Å². The van der Waals surface area contributed by atoms with Crippen molar-refractivity contribution in [1.29, 1.82) is 0 Å². The highest BCUT2D eigenvalue weighted by Crippen LogP contribution is 2.20. The Morgan fingerprint density at radius 2 is 2.04 bits per heavy atom. The normalized spacial score (nSPS) is 18.4. The lowest BCUT2D eigenvalue weighted by atomic mass is 10.1. The van der Waals surface area contributed by atoms with E-state index in [2.05, 4.69) is 19.1 Å². The van der Waals surface area contributed by atoms with E-state index in [1.165, 1.54) is 0 Å². The third kappa shape index (κ3) is 4.81. The maximum absolute atomic E-state index is 12.0. The van der Waals surface area contributed by atoms with Crippen LogP contribution in [-0.4, -0.2) is 34.5 Å². The first kappa shape index (κ1) is 17.0. The van der Waals surface area contributed by atoms with E-state index in [1.807, 2.05) is 29.2 Å². The first-order valence-electron chi connectivity index (χ1n) is 8.07. The molecule has 1 atom stereocenters. The van der Waals surface area contributed by atoms with E-state index in [-0.39, 0.29) is 17.5 Å². The van der Waals surface area contributed by atoms with Gasteiger partial charge in [0.1, 0.15) is 0 Å². The van der Waals surface area contributed by atoms with Gasteiger partial charge in [-0.1, -0.05) is 43.4 Å². The van der Waals surface area contributed by atoms with Gasteiger partial charge in [-0.2, -0.15) is 0 Å². The molecule has 0 bridgehead atoms. The third-order valence-corrected chi connectivity index (χ3v) is 4.03. The first-order chi connectivity index (χ1) is 11.1. The van der Waals surface area contributed by atoms with Gasteiger partial charge < -0.3 is 10.0 Å². The molecule has 0 aliphatic carbocycles. The largest absolute Gasteiger partial charge is 0.478 e. The summed E-state index contributed by atoms with van der Waals surface area (Å²) in [7, 11) is 0. The second-order valence-electron chi connectivity index (χ2n) is 5.67. The zero-order valence-corrected chi connectivity index (χ0v) is 13.4. The summed E-state index contributed by atoms with van der Waals surface area (Å²) in [6.45, 7) is 2.75. The van der Waals surface area contributed by atoms with Crippen molar-refractivity contribution in [1.82, 2.24) is 4.90 Å². The summed E-state index contributed by atoms with van der Waals surface area (Å²) < 4.78 is 0. The van der Waals surface area contributed by atoms with E-state index in [0.717, 1.165) is 24.8 Å². The van der Waals surface area contributed by atoms with Crippen LogP contribution in [0.2, 0.25) is 0 Å². The monoisotopic (exact) mass is 313 g/mol. The second kappa shape index (κ2) is 8.32. The van der Waals surface area contributed by atoms with Gasteiger partial charge >= 0.3 is 5.97 Å². The number of likely N-dealkylation sites (tertiary alicyclic amines) is 1. The van der Waals surface area contributed by atoms with Crippen LogP contribution < -0.4 is 0 Å². The Kier molecular flexibility index (Phi) is 6.15. The van der Waals surface area contributed by atoms with Crippen LogP contribution in [0, 0.1) is 0 Å². The molecular formula is C19H23NO3. The Hall–Kier alpha value is -2.36. The van der Waals surface area contributed by atoms with E-state index >= 15 is 0 Å². The van der Waals surface area contributed by atoms with Crippen LogP contribution in [0.15, 0.2) is 48.6 Å². The first-order valence-corrected chi connectivity index (χ1v) is 8.07. The van der Waals surface area contributed by atoms with Gasteiger partial charge in [0.25, 0.3) is 0 Å². The van der Waals surface area contributed by atoms with Crippen LogP contribution in [0.4, 0.5) is 0 Å². The van der Waals surface area contributed by atoms with E-state index in [9.17, 15) is 9.59 Å². The third-order valence-electron chi connectivity index (χ3n) is 4.03. The SMILES string of the molecule is CC/C=C\C=C/[C@H]1CCC(=O)N1CCc1ccc(C(=O)O)cc1. The number of benzene rings is 1.